The topological polar surface area (TPSA) is 9.23 Å². The van der Waals surface area contributed by atoms with Gasteiger partial charge in [-0.05, 0) is 34.4 Å². The Morgan fingerprint density at radius 1 is 0.889 bits per heavy atom. The van der Waals surface area contributed by atoms with Crippen molar-refractivity contribution in [2.45, 2.75) is 18.0 Å². The molecular formula is C15H12Br2O. The van der Waals surface area contributed by atoms with Gasteiger partial charge in [-0.1, -0.05) is 62.2 Å². The number of alkyl halides is 1. The molecule has 0 aromatic heterocycles. The Kier molecular flexibility index (Phi) is 3.55. The molecule has 0 amide bonds. The number of hydrogen-bond donors (Lipinski definition) is 0. The van der Waals surface area contributed by atoms with Crippen LogP contribution in [0.3, 0.4) is 0 Å². The van der Waals surface area contributed by atoms with Crippen LogP contribution >= 0.6 is 31.9 Å². The molecular weight excluding hydrogens is 356 g/mol. The molecule has 3 heteroatoms. The van der Waals surface area contributed by atoms with E-state index < -0.39 is 0 Å². The number of fused-ring (bicyclic) bond motifs is 1. The van der Waals surface area contributed by atoms with Gasteiger partial charge >= 0.3 is 0 Å². The van der Waals surface area contributed by atoms with E-state index in [9.17, 15) is 0 Å². The van der Waals surface area contributed by atoms with Gasteiger partial charge in [0, 0.05) is 4.47 Å². The van der Waals surface area contributed by atoms with Crippen LogP contribution in [-0.2, 0) is 18.0 Å². The molecule has 1 atom stereocenters. The standard InChI is InChI=1S/C15H12Br2O/c16-14-5-3-10(4-6-14)15(17)11-1-2-12-8-18-9-13(12)7-11/h1-7,15H,8-9H2. The van der Waals surface area contributed by atoms with E-state index in [1.807, 2.05) is 0 Å². The molecule has 0 saturated carbocycles. The SMILES string of the molecule is Brc1ccc(C(Br)c2ccc3c(c2)COC3)cc1. The molecule has 1 heterocycles. The van der Waals surface area contributed by atoms with Gasteiger partial charge in [0.15, 0.2) is 0 Å². The van der Waals surface area contributed by atoms with E-state index in [1.54, 1.807) is 0 Å². The van der Waals surface area contributed by atoms with E-state index in [1.165, 1.54) is 22.3 Å². The lowest BCUT2D eigenvalue weighted by Gasteiger charge is -2.12. The fourth-order valence-electron chi connectivity index (χ4n) is 2.17. The Bertz CT molecular complexity index is 563. The number of benzene rings is 2. The molecule has 1 unspecified atom stereocenters. The fourth-order valence-corrected chi connectivity index (χ4v) is 3.03. The van der Waals surface area contributed by atoms with Crippen molar-refractivity contribution < 1.29 is 4.74 Å². The van der Waals surface area contributed by atoms with Crippen LogP contribution in [-0.4, -0.2) is 0 Å². The van der Waals surface area contributed by atoms with Crippen molar-refractivity contribution in [3.05, 3.63) is 69.2 Å². The summed E-state index contributed by atoms with van der Waals surface area (Å²) < 4.78 is 6.55. The minimum atomic E-state index is 0.233. The molecule has 0 aliphatic carbocycles. The molecule has 2 aromatic rings. The average Bonchev–Trinajstić information content (AvgIpc) is 2.86. The normalized spacial score (nSPS) is 15.4. The smallest absolute Gasteiger partial charge is 0.0725 e. The van der Waals surface area contributed by atoms with E-state index in [0.717, 1.165) is 17.7 Å². The van der Waals surface area contributed by atoms with Crippen LogP contribution in [0.25, 0.3) is 0 Å². The molecule has 0 N–H and O–H groups in total. The summed E-state index contributed by atoms with van der Waals surface area (Å²) in [7, 11) is 0. The first kappa shape index (κ1) is 12.4. The summed E-state index contributed by atoms with van der Waals surface area (Å²) in [4.78, 5) is 0.233. The van der Waals surface area contributed by atoms with E-state index in [2.05, 4.69) is 74.3 Å². The second-order valence-corrected chi connectivity index (χ2v) is 6.27. The van der Waals surface area contributed by atoms with Crippen molar-refractivity contribution >= 4 is 31.9 Å². The van der Waals surface area contributed by atoms with Crippen LogP contribution in [0, 0.1) is 0 Å². The van der Waals surface area contributed by atoms with Crippen LogP contribution in [0.1, 0.15) is 27.1 Å². The number of hydrogen-bond acceptors (Lipinski definition) is 1. The number of ether oxygens (including phenoxy) is 1. The molecule has 1 nitrogen and oxygen atoms in total. The van der Waals surface area contributed by atoms with Crippen LogP contribution in [0.15, 0.2) is 46.9 Å². The van der Waals surface area contributed by atoms with Crippen LogP contribution < -0.4 is 0 Å². The highest BCUT2D eigenvalue weighted by molar-refractivity contribution is 9.10. The molecule has 0 radical (unpaired) electrons. The van der Waals surface area contributed by atoms with E-state index in [0.29, 0.717) is 0 Å². The lowest BCUT2D eigenvalue weighted by atomic mass is 10.0. The van der Waals surface area contributed by atoms with Gasteiger partial charge in [-0.25, -0.2) is 0 Å². The van der Waals surface area contributed by atoms with E-state index >= 15 is 0 Å². The Morgan fingerprint density at radius 3 is 2.33 bits per heavy atom. The van der Waals surface area contributed by atoms with Crippen molar-refractivity contribution in [1.29, 1.82) is 0 Å². The van der Waals surface area contributed by atoms with Crippen molar-refractivity contribution in [2.24, 2.45) is 0 Å². The van der Waals surface area contributed by atoms with Crippen LogP contribution in [0.2, 0.25) is 0 Å². The molecule has 18 heavy (non-hydrogen) atoms. The first-order valence-electron chi connectivity index (χ1n) is 5.83. The third-order valence-corrected chi connectivity index (χ3v) is 4.79. The minimum Gasteiger partial charge on any atom is -0.372 e. The predicted molar refractivity (Wildman–Crippen MR) is 79.8 cm³/mol. The largest absolute Gasteiger partial charge is 0.372 e. The van der Waals surface area contributed by atoms with Gasteiger partial charge in [0.2, 0.25) is 0 Å². The maximum absolute atomic E-state index is 5.45. The zero-order valence-corrected chi connectivity index (χ0v) is 12.9. The first-order valence-corrected chi connectivity index (χ1v) is 7.54. The molecule has 0 fully saturated rings. The van der Waals surface area contributed by atoms with Gasteiger partial charge in [0.1, 0.15) is 0 Å². The van der Waals surface area contributed by atoms with Gasteiger partial charge in [-0.2, -0.15) is 0 Å². The zero-order valence-electron chi connectivity index (χ0n) is 9.70. The molecule has 2 aromatic carbocycles. The monoisotopic (exact) mass is 366 g/mol. The maximum Gasteiger partial charge on any atom is 0.0725 e. The molecule has 0 bridgehead atoms. The molecule has 1 aliphatic heterocycles. The second kappa shape index (κ2) is 5.16. The van der Waals surface area contributed by atoms with E-state index in [-0.39, 0.29) is 4.83 Å². The Morgan fingerprint density at radius 2 is 1.56 bits per heavy atom. The van der Waals surface area contributed by atoms with Gasteiger partial charge in [-0.15, -0.1) is 0 Å². The quantitative estimate of drug-likeness (QED) is 0.681. The summed E-state index contributed by atoms with van der Waals surface area (Å²) >= 11 is 7.23. The second-order valence-electron chi connectivity index (χ2n) is 4.44. The molecule has 0 spiro atoms. The molecule has 0 saturated heterocycles. The van der Waals surface area contributed by atoms with Crippen LogP contribution in [0.4, 0.5) is 0 Å². The Balaban J connectivity index is 1.92. The average molecular weight is 368 g/mol. The summed E-state index contributed by atoms with van der Waals surface area (Å²) in [5.74, 6) is 0. The summed E-state index contributed by atoms with van der Waals surface area (Å²) in [6.07, 6.45) is 0. The fraction of sp³-hybridized carbons (Fsp3) is 0.200. The summed E-state index contributed by atoms with van der Waals surface area (Å²) in [6.45, 7) is 1.49. The minimum absolute atomic E-state index is 0.233. The lowest BCUT2D eigenvalue weighted by molar-refractivity contribution is 0.134. The number of rotatable bonds is 2. The number of halogens is 2. The first-order chi connectivity index (χ1) is 8.74. The summed E-state index contributed by atoms with van der Waals surface area (Å²) in [5.41, 5.74) is 5.17. The third kappa shape index (κ3) is 2.40. The van der Waals surface area contributed by atoms with Crippen molar-refractivity contribution in [3.8, 4) is 0 Å². The van der Waals surface area contributed by atoms with Crippen molar-refractivity contribution in [2.75, 3.05) is 0 Å². The highest BCUT2D eigenvalue weighted by Gasteiger charge is 2.15. The molecule has 3 rings (SSSR count). The Labute approximate surface area is 123 Å². The van der Waals surface area contributed by atoms with Gasteiger partial charge in [-0.3, -0.25) is 0 Å². The van der Waals surface area contributed by atoms with Gasteiger partial charge in [0.25, 0.3) is 0 Å². The predicted octanol–water partition coefficient (Wildman–Crippen LogP) is 4.96. The Hall–Kier alpha value is -0.640. The maximum atomic E-state index is 5.45. The summed E-state index contributed by atoms with van der Waals surface area (Å²) in [5, 5.41) is 0. The van der Waals surface area contributed by atoms with Crippen molar-refractivity contribution in [3.63, 3.8) is 0 Å². The van der Waals surface area contributed by atoms with Crippen molar-refractivity contribution in [1.82, 2.24) is 0 Å². The zero-order chi connectivity index (χ0) is 12.5. The molecule has 92 valence electrons. The highest BCUT2D eigenvalue weighted by Crippen LogP contribution is 2.33. The third-order valence-electron chi connectivity index (χ3n) is 3.20. The van der Waals surface area contributed by atoms with E-state index in [4.69, 9.17) is 4.74 Å². The van der Waals surface area contributed by atoms with Gasteiger partial charge in [0.05, 0.1) is 18.0 Å². The molecule has 1 aliphatic rings. The van der Waals surface area contributed by atoms with Crippen LogP contribution in [0.5, 0.6) is 0 Å². The highest BCUT2D eigenvalue weighted by atomic mass is 79.9. The lowest BCUT2D eigenvalue weighted by Crippen LogP contribution is -1.94. The van der Waals surface area contributed by atoms with Gasteiger partial charge < -0.3 is 4.74 Å². The summed E-state index contributed by atoms with van der Waals surface area (Å²) in [6, 6.07) is 15.0.